The maximum atomic E-state index is 12.6. The third-order valence-electron chi connectivity index (χ3n) is 8.03. The van der Waals surface area contributed by atoms with Gasteiger partial charge in [-0.05, 0) is 22.3 Å². The highest BCUT2D eigenvalue weighted by molar-refractivity contribution is 5.79. The van der Waals surface area contributed by atoms with E-state index in [2.05, 4.69) is 24.3 Å². The molecule has 1 N–H and O–H groups in total. The molecule has 0 radical (unpaired) electrons. The molecule has 0 saturated carbocycles. The van der Waals surface area contributed by atoms with E-state index in [9.17, 15) is 9.59 Å². The topological polar surface area (TPSA) is 159 Å². The van der Waals surface area contributed by atoms with Gasteiger partial charge in [-0.15, -0.1) is 0 Å². The number of ether oxygens (including phenoxy) is 11. The van der Waals surface area contributed by atoms with Gasteiger partial charge in [0.25, 0.3) is 0 Å². The standard InChI is InChI=1S/C39H59NO14/c1-40(39(43)54-32-37-35-8-4-2-6-33(35)34-7-3-5-9-36(34)37)11-13-45-15-17-47-19-21-49-23-25-51-27-29-53-31-30-52-28-26-50-24-22-48-20-18-46-16-14-44-12-10-38(41)42/h2-9,37H,10-32H2,1H3,(H,41,42). The molecule has 0 atom stereocenters. The van der Waals surface area contributed by atoms with Crippen LogP contribution in [0, 0.1) is 0 Å². The van der Waals surface area contributed by atoms with E-state index in [-0.39, 0.29) is 25.0 Å². The van der Waals surface area contributed by atoms with Crippen LogP contribution in [0.2, 0.25) is 0 Å². The van der Waals surface area contributed by atoms with E-state index in [1.165, 1.54) is 27.2 Å². The van der Waals surface area contributed by atoms with E-state index in [4.69, 9.17) is 57.2 Å². The number of amides is 1. The molecule has 0 fully saturated rings. The SMILES string of the molecule is CN(CCOCCOCCOCCOCCOCCOCCOCCOCCOCCOCCC(=O)O)C(=O)OCC1c2ccccc2-c2ccccc21. The zero-order valence-corrected chi connectivity index (χ0v) is 31.7. The smallest absolute Gasteiger partial charge is 0.409 e. The van der Waals surface area contributed by atoms with Crippen LogP contribution >= 0.6 is 0 Å². The summed E-state index contributed by atoms with van der Waals surface area (Å²) >= 11 is 0. The van der Waals surface area contributed by atoms with Gasteiger partial charge in [0.05, 0.1) is 139 Å². The molecule has 1 aliphatic rings. The summed E-state index contributed by atoms with van der Waals surface area (Å²) in [6, 6.07) is 16.6. The normalized spacial score (nSPS) is 12.2. The minimum atomic E-state index is -0.878. The highest BCUT2D eigenvalue weighted by atomic mass is 16.6. The van der Waals surface area contributed by atoms with Crippen LogP contribution < -0.4 is 0 Å². The highest BCUT2D eigenvalue weighted by Crippen LogP contribution is 2.44. The Morgan fingerprint density at radius 1 is 0.500 bits per heavy atom. The van der Waals surface area contributed by atoms with Crippen molar-refractivity contribution in [1.29, 1.82) is 0 Å². The molecule has 0 heterocycles. The second kappa shape index (κ2) is 30.1. The Morgan fingerprint density at radius 2 is 0.815 bits per heavy atom. The van der Waals surface area contributed by atoms with Crippen molar-refractivity contribution < 1.29 is 66.8 Å². The lowest BCUT2D eigenvalue weighted by molar-refractivity contribution is -0.138. The number of aliphatic carboxylic acids is 1. The Kier molecular flexibility index (Phi) is 25.1. The largest absolute Gasteiger partial charge is 0.481 e. The molecule has 1 aliphatic carbocycles. The second-order valence-corrected chi connectivity index (χ2v) is 12.0. The number of carbonyl (C=O) groups is 2. The summed E-state index contributed by atoms with van der Waals surface area (Å²) in [6.45, 7) is 9.44. The molecule has 0 unspecified atom stereocenters. The molecule has 304 valence electrons. The zero-order chi connectivity index (χ0) is 38.3. The molecule has 0 aliphatic heterocycles. The van der Waals surface area contributed by atoms with Crippen molar-refractivity contribution in [3.8, 4) is 11.1 Å². The second-order valence-electron chi connectivity index (χ2n) is 12.0. The van der Waals surface area contributed by atoms with E-state index < -0.39 is 5.97 Å². The van der Waals surface area contributed by atoms with Gasteiger partial charge in [0.2, 0.25) is 0 Å². The molecule has 54 heavy (non-hydrogen) atoms. The Bertz CT molecular complexity index is 1220. The first-order valence-corrected chi connectivity index (χ1v) is 18.6. The minimum absolute atomic E-state index is 0.00716. The quantitative estimate of drug-likeness (QED) is 0.102. The Morgan fingerprint density at radius 3 is 1.17 bits per heavy atom. The van der Waals surface area contributed by atoms with Crippen molar-refractivity contribution in [3.05, 3.63) is 59.7 Å². The fraction of sp³-hybridized carbons (Fsp3) is 0.641. The monoisotopic (exact) mass is 765 g/mol. The van der Waals surface area contributed by atoms with E-state index in [0.717, 1.165) is 0 Å². The van der Waals surface area contributed by atoms with Crippen LogP contribution in [0.3, 0.4) is 0 Å². The van der Waals surface area contributed by atoms with Gasteiger partial charge < -0.3 is 62.1 Å². The van der Waals surface area contributed by atoms with Gasteiger partial charge in [-0.1, -0.05) is 48.5 Å². The van der Waals surface area contributed by atoms with Crippen LogP contribution in [-0.2, 0) is 56.9 Å². The molecule has 0 aromatic heterocycles. The summed E-state index contributed by atoms with van der Waals surface area (Å²) in [5.41, 5.74) is 4.78. The zero-order valence-electron chi connectivity index (χ0n) is 31.7. The van der Waals surface area contributed by atoms with Crippen molar-refractivity contribution in [1.82, 2.24) is 4.90 Å². The van der Waals surface area contributed by atoms with Gasteiger partial charge in [-0.25, -0.2) is 4.79 Å². The summed E-state index contributed by atoms with van der Waals surface area (Å²) in [6.07, 6.45) is -0.377. The molecule has 2 aromatic carbocycles. The van der Waals surface area contributed by atoms with Crippen LogP contribution in [0.4, 0.5) is 4.79 Å². The van der Waals surface area contributed by atoms with Crippen molar-refractivity contribution in [2.45, 2.75) is 12.3 Å². The predicted molar refractivity (Wildman–Crippen MR) is 198 cm³/mol. The molecular formula is C39H59NO14. The first-order valence-electron chi connectivity index (χ1n) is 18.6. The molecule has 0 saturated heterocycles. The van der Waals surface area contributed by atoms with Crippen molar-refractivity contribution >= 4 is 12.1 Å². The summed E-state index contributed by atoms with van der Waals surface area (Å²) in [5, 5.41) is 8.50. The number of rotatable bonds is 35. The van der Waals surface area contributed by atoms with Crippen LogP contribution in [0.5, 0.6) is 0 Å². The molecule has 0 spiro atoms. The number of carboxylic acid groups (broad SMARTS) is 1. The van der Waals surface area contributed by atoms with Gasteiger partial charge in [-0.3, -0.25) is 4.79 Å². The number of fused-ring (bicyclic) bond motifs is 3. The summed E-state index contributed by atoms with van der Waals surface area (Å²) in [5.74, 6) is -0.844. The summed E-state index contributed by atoms with van der Waals surface area (Å²) < 4.78 is 60.1. The number of carboxylic acids is 1. The third-order valence-corrected chi connectivity index (χ3v) is 8.03. The van der Waals surface area contributed by atoms with Crippen molar-refractivity contribution in [3.63, 3.8) is 0 Å². The molecule has 0 bridgehead atoms. The van der Waals surface area contributed by atoms with Crippen LogP contribution in [0.15, 0.2) is 48.5 Å². The average molecular weight is 766 g/mol. The maximum Gasteiger partial charge on any atom is 0.409 e. The molecule has 1 amide bonds. The first-order chi connectivity index (χ1) is 26.6. The third kappa shape index (κ3) is 19.9. The van der Waals surface area contributed by atoms with E-state index >= 15 is 0 Å². The van der Waals surface area contributed by atoms with E-state index in [0.29, 0.717) is 139 Å². The van der Waals surface area contributed by atoms with Crippen LogP contribution in [0.25, 0.3) is 11.1 Å². The van der Waals surface area contributed by atoms with Gasteiger partial charge in [-0.2, -0.15) is 0 Å². The van der Waals surface area contributed by atoms with Gasteiger partial charge in [0, 0.05) is 19.5 Å². The van der Waals surface area contributed by atoms with Gasteiger partial charge >= 0.3 is 12.1 Å². The predicted octanol–water partition coefficient (Wildman–Crippen LogP) is 3.51. The Balaban J connectivity index is 0.976. The van der Waals surface area contributed by atoms with E-state index in [1.807, 2.05) is 24.3 Å². The highest BCUT2D eigenvalue weighted by Gasteiger charge is 2.29. The Hall–Kier alpha value is -3.22. The molecule has 15 nitrogen and oxygen atoms in total. The number of hydrogen-bond donors (Lipinski definition) is 1. The van der Waals surface area contributed by atoms with Crippen molar-refractivity contribution in [2.24, 2.45) is 0 Å². The lowest BCUT2D eigenvalue weighted by atomic mass is 9.98. The first kappa shape index (κ1) is 45.2. The lowest BCUT2D eigenvalue weighted by Gasteiger charge is -2.19. The molecule has 15 heteroatoms. The number of hydrogen-bond acceptors (Lipinski definition) is 13. The lowest BCUT2D eigenvalue weighted by Crippen LogP contribution is -2.32. The maximum absolute atomic E-state index is 12.6. The van der Waals surface area contributed by atoms with Crippen molar-refractivity contribution in [2.75, 3.05) is 152 Å². The molecule has 2 aromatic rings. The fourth-order valence-corrected chi connectivity index (χ4v) is 5.24. The van der Waals surface area contributed by atoms with Crippen LogP contribution in [-0.4, -0.2) is 174 Å². The minimum Gasteiger partial charge on any atom is -0.481 e. The average Bonchev–Trinajstić information content (AvgIpc) is 3.50. The summed E-state index contributed by atoms with van der Waals surface area (Å²) in [4.78, 5) is 24.5. The molecular weight excluding hydrogens is 706 g/mol. The fourth-order valence-electron chi connectivity index (χ4n) is 5.24. The summed E-state index contributed by atoms with van der Waals surface area (Å²) in [7, 11) is 1.71. The van der Waals surface area contributed by atoms with Gasteiger partial charge in [0.1, 0.15) is 6.61 Å². The Labute approximate surface area is 318 Å². The van der Waals surface area contributed by atoms with Crippen LogP contribution in [0.1, 0.15) is 23.5 Å². The molecule has 3 rings (SSSR count). The number of benzene rings is 2. The number of nitrogens with zero attached hydrogens (tertiary/aromatic N) is 1. The van der Waals surface area contributed by atoms with E-state index in [1.54, 1.807) is 7.05 Å². The number of likely N-dealkylation sites (N-methyl/N-ethyl adjacent to an activating group) is 1. The number of carbonyl (C=O) groups excluding carboxylic acids is 1. The van der Waals surface area contributed by atoms with Gasteiger partial charge in [0.15, 0.2) is 0 Å².